The third-order valence-electron chi connectivity index (χ3n) is 19.1. The molecule has 11 heteroatoms. The first-order valence-corrected chi connectivity index (χ1v) is 41.7. The number of rotatable bonds is 23. The lowest BCUT2D eigenvalue weighted by Crippen LogP contribution is -2.16. The van der Waals surface area contributed by atoms with E-state index in [1.165, 1.54) is 84.8 Å². The Morgan fingerprint density at radius 2 is 0.765 bits per heavy atom. The SMILES string of the molecule is C.CC(=O)OCc1cccc(C(C)C)c1.CC(C)c1cccc(CCOC(=O)Nc2ccccc2)c1.CC(C)c1cccc(COC(=O)Nc2ccccc2)c1.CC(C)c1cncc(Cl)c1.CCN(C)Cc1cccc(C(C)C)c1.CCc1cccc(CC)c1C(C)C.CCc1ccccc1C(C)C.Cc1cccc(C)c1C(C)C. The second kappa shape index (κ2) is 56.6. The number of aromatic nitrogens is 1. The number of pyridine rings is 1. The average molecular weight is 1580 g/mol. The van der Waals surface area contributed by atoms with E-state index < -0.39 is 12.2 Å². The Kier molecular flexibility index (Phi) is 50.0. The molecule has 115 heavy (non-hydrogen) atoms. The highest BCUT2D eigenvalue weighted by molar-refractivity contribution is 6.30. The van der Waals surface area contributed by atoms with Crippen molar-refractivity contribution in [2.45, 2.75) is 259 Å². The Bertz CT molecular complexity index is 4290. The smallest absolute Gasteiger partial charge is 0.411 e. The van der Waals surface area contributed by atoms with Crippen molar-refractivity contribution in [3.8, 4) is 0 Å². The molecule has 2 amide bonds. The molecule has 0 unspecified atom stereocenters. The van der Waals surface area contributed by atoms with Crippen LogP contribution in [0.4, 0.5) is 21.0 Å². The standard InChI is InChI=1S/C18H21NO2.C17H19NO2.C13H21N.C13H20.C12H16O2.2C11H16.C8H10ClN.CH4/c1-14(2)16-8-6-7-15(13-16)11-12-21-18(20)19-17-9-4-3-5-10-17;1-13(2)15-8-6-7-14(11-15)12-20-17(19)18-16-9-4-3-5-10-16;1-5-14(4)10-12-7-6-8-13(9-12)11(2)3;1-5-11-8-7-9-12(6-2)13(11)10(3)4;1-9(2)12-6-4-5-11(7-12)8-14-10(3)13;1-8(2)11-9(3)6-5-7-10(11)4;1-4-10-7-5-6-8-11(10)9(2)3;1-6(2)7-3-8(9)5-10-4-7;/h3-10,13-14H,11-12H2,1-2H3,(H,19,20);3-11,13H,12H2,1-2H3,(H,18,19);6-9,11H,5,10H2,1-4H3;7-10H,5-6H2,1-4H3;4-7,9H,8H2,1-3H3;5-8H,1-4H3;5-9H,4H2,1-3H3;3-6H,1-2H3;1H4. The highest BCUT2D eigenvalue weighted by Gasteiger charge is 2.12. The molecule has 0 radical (unpaired) electrons. The van der Waals surface area contributed by atoms with Gasteiger partial charge >= 0.3 is 18.2 Å². The van der Waals surface area contributed by atoms with Crippen molar-refractivity contribution in [1.82, 2.24) is 9.88 Å². The van der Waals surface area contributed by atoms with Gasteiger partial charge in [-0.2, -0.15) is 0 Å². The molecule has 10 rings (SSSR count). The van der Waals surface area contributed by atoms with Crippen LogP contribution < -0.4 is 10.6 Å². The second-order valence-electron chi connectivity index (χ2n) is 31.3. The third-order valence-corrected chi connectivity index (χ3v) is 19.3. The fourth-order valence-corrected chi connectivity index (χ4v) is 12.7. The minimum atomic E-state index is -0.439. The van der Waals surface area contributed by atoms with Crippen molar-refractivity contribution in [3.63, 3.8) is 0 Å². The largest absolute Gasteiger partial charge is 0.461 e. The van der Waals surface area contributed by atoms with Crippen molar-refractivity contribution in [1.29, 1.82) is 0 Å². The molecule has 1 heterocycles. The molecule has 0 aliphatic rings. The molecular formula is C104H143ClN4O6. The predicted molar refractivity (Wildman–Crippen MR) is 494 cm³/mol. The Morgan fingerprint density at radius 1 is 0.391 bits per heavy atom. The fourth-order valence-electron chi connectivity index (χ4n) is 12.5. The van der Waals surface area contributed by atoms with Gasteiger partial charge in [0.2, 0.25) is 0 Å². The Labute approximate surface area is 702 Å². The fraction of sp³-hybridized carbons (Fsp3) is 0.404. The second-order valence-corrected chi connectivity index (χ2v) is 31.7. The zero-order valence-corrected chi connectivity index (χ0v) is 74.5. The number of para-hydroxylation sites is 2. The van der Waals surface area contributed by atoms with Gasteiger partial charge in [0.05, 0.1) is 11.6 Å². The number of benzene rings is 9. The first kappa shape index (κ1) is 101. The van der Waals surface area contributed by atoms with Crippen molar-refractivity contribution >= 4 is 41.1 Å². The minimum absolute atomic E-state index is 0. The molecule has 622 valence electrons. The lowest BCUT2D eigenvalue weighted by Gasteiger charge is -2.16. The summed E-state index contributed by atoms with van der Waals surface area (Å²) in [6.45, 7) is 53.0. The summed E-state index contributed by atoms with van der Waals surface area (Å²) in [5, 5.41) is 6.10. The van der Waals surface area contributed by atoms with E-state index in [-0.39, 0.29) is 20.0 Å². The number of hydrogen-bond acceptors (Lipinski definition) is 8. The zero-order chi connectivity index (χ0) is 84.7. The van der Waals surface area contributed by atoms with Crippen molar-refractivity contribution in [2.75, 3.05) is 30.8 Å². The maximum absolute atomic E-state index is 11.7. The molecule has 9 aromatic carbocycles. The van der Waals surface area contributed by atoms with Gasteiger partial charge in [-0.3, -0.25) is 20.4 Å². The van der Waals surface area contributed by atoms with Gasteiger partial charge in [0.25, 0.3) is 0 Å². The van der Waals surface area contributed by atoms with Gasteiger partial charge in [0, 0.05) is 43.7 Å². The summed E-state index contributed by atoms with van der Waals surface area (Å²) in [7, 11) is 2.15. The number of esters is 1. The topological polar surface area (TPSA) is 119 Å². The summed E-state index contributed by atoms with van der Waals surface area (Å²) < 4.78 is 15.3. The van der Waals surface area contributed by atoms with Crippen molar-refractivity contribution < 1.29 is 28.6 Å². The summed E-state index contributed by atoms with van der Waals surface area (Å²) in [4.78, 5) is 40.2. The third kappa shape index (κ3) is 41.0. The number of hydrogen-bond donors (Lipinski definition) is 2. The highest BCUT2D eigenvalue weighted by atomic mass is 35.5. The van der Waals surface area contributed by atoms with Crippen LogP contribution >= 0.6 is 11.6 Å². The number of carbonyl (C=O) groups excluding carboxylic acids is 3. The number of carbonyl (C=O) groups is 3. The van der Waals surface area contributed by atoms with Gasteiger partial charge < -0.3 is 19.1 Å². The van der Waals surface area contributed by atoms with Crippen LogP contribution in [-0.4, -0.2) is 48.2 Å². The molecule has 10 aromatic rings. The molecule has 2 N–H and O–H groups in total. The van der Waals surface area contributed by atoms with E-state index in [0.29, 0.717) is 65.6 Å². The van der Waals surface area contributed by atoms with Crippen LogP contribution in [0.15, 0.2) is 237 Å². The number of nitrogens with one attached hydrogen (secondary N) is 2. The number of amides is 2. The van der Waals surface area contributed by atoms with E-state index in [9.17, 15) is 14.4 Å². The number of nitrogens with zero attached hydrogens (tertiary/aromatic N) is 2. The molecule has 0 saturated carbocycles. The molecule has 1 aromatic heterocycles. The molecule has 0 bridgehead atoms. The lowest BCUT2D eigenvalue weighted by atomic mass is 9.90. The number of aryl methyl sites for hydroxylation is 5. The Morgan fingerprint density at radius 3 is 1.15 bits per heavy atom. The van der Waals surface area contributed by atoms with Crippen molar-refractivity contribution in [3.05, 3.63) is 336 Å². The van der Waals surface area contributed by atoms with Gasteiger partial charge in [-0.25, -0.2) is 9.59 Å². The highest BCUT2D eigenvalue weighted by Crippen LogP contribution is 2.27. The molecule has 10 nitrogen and oxygen atoms in total. The van der Waals surface area contributed by atoms with Crippen LogP contribution in [0.25, 0.3) is 0 Å². The number of halogens is 1. The summed E-state index contributed by atoms with van der Waals surface area (Å²) in [5.74, 6) is 4.34. The first-order valence-electron chi connectivity index (χ1n) is 41.3. The van der Waals surface area contributed by atoms with Crippen LogP contribution in [0, 0.1) is 13.8 Å². The average Bonchev–Trinajstić information content (AvgIpc) is 0.843. The van der Waals surface area contributed by atoms with Crippen LogP contribution in [0.2, 0.25) is 5.02 Å². The summed E-state index contributed by atoms with van der Waals surface area (Å²) in [5.41, 5.74) is 24.5. The zero-order valence-electron chi connectivity index (χ0n) is 73.7. The first-order chi connectivity index (χ1) is 54.3. The van der Waals surface area contributed by atoms with Gasteiger partial charge in [0.15, 0.2) is 0 Å². The summed E-state index contributed by atoms with van der Waals surface area (Å²) in [6, 6.07) is 75.9. The monoisotopic (exact) mass is 1580 g/mol. The van der Waals surface area contributed by atoms with Gasteiger partial charge in [-0.05, 0) is 219 Å². The normalized spacial score (nSPS) is 10.5. The minimum Gasteiger partial charge on any atom is -0.461 e. The number of ether oxygens (including phenoxy) is 3. The lowest BCUT2D eigenvalue weighted by molar-refractivity contribution is -0.142. The predicted octanol–water partition coefficient (Wildman–Crippen LogP) is 29.5. The molecule has 0 aliphatic carbocycles. The molecule has 0 aliphatic heterocycles. The van der Waals surface area contributed by atoms with E-state index >= 15 is 0 Å². The van der Waals surface area contributed by atoms with Crippen LogP contribution in [0.5, 0.6) is 0 Å². The Balaban J connectivity index is 0.000000451. The van der Waals surface area contributed by atoms with Crippen LogP contribution in [-0.2, 0) is 64.4 Å². The molecule has 0 saturated heterocycles. The Hall–Kier alpha value is -9.61. The van der Waals surface area contributed by atoms with Crippen molar-refractivity contribution in [2.24, 2.45) is 0 Å². The van der Waals surface area contributed by atoms with E-state index in [4.69, 9.17) is 25.8 Å². The number of anilines is 2. The molecule has 0 atom stereocenters. The maximum atomic E-state index is 11.7. The molecule has 0 spiro atoms. The van der Waals surface area contributed by atoms with Crippen LogP contribution in [0.3, 0.4) is 0 Å². The maximum Gasteiger partial charge on any atom is 0.411 e. The summed E-state index contributed by atoms with van der Waals surface area (Å²) in [6.07, 6.45) is 6.82. The molecular weight excluding hydrogens is 1440 g/mol. The van der Waals surface area contributed by atoms with E-state index in [1.54, 1.807) is 11.8 Å². The van der Waals surface area contributed by atoms with Gasteiger partial charge in [0.1, 0.15) is 13.2 Å². The van der Waals surface area contributed by atoms with Gasteiger partial charge in [-0.15, -0.1) is 0 Å². The summed E-state index contributed by atoms with van der Waals surface area (Å²) >= 11 is 5.73. The van der Waals surface area contributed by atoms with Gasteiger partial charge in [-0.1, -0.05) is 352 Å². The van der Waals surface area contributed by atoms with E-state index in [2.05, 4.69) is 313 Å². The van der Waals surface area contributed by atoms with E-state index in [0.717, 1.165) is 61.3 Å². The molecule has 0 fully saturated rings. The van der Waals surface area contributed by atoms with E-state index in [1.807, 2.05) is 97.2 Å². The quantitative estimate of drug-likeness (QED) is 0.0480. The van der Waals surface area contributed by atoms with Crippen LogP contribution in [0.1, 0.15) is 295 Å².